The van der Waals surface area contributed by atoms with Gasteiger partial charge in [-0.1, -0.05) is 0 Å². The molecular formula is C13H21N5O2. The van der Waals surface area contributed by atoms with E-state index in [0.717, 1.165) is 25.1 Å². The highest BCUT2D eigenvalue weighted by Crippen LogP contribution is 2.09. The second-order valence-electron chi connectivity index (χ2n) is 5.01. The molecular weight excluding hydrogens is 258 g/mol. The van der Waals surface area contributed by atoms with E-state index in [1.165, 1.54) is 0 Å². The Kier molecular flexibility index (Phi) is 4.60. The molecule has 2 N–H and O–H groups in total. The van der Waals surface area contributed by atoms with Crippen molar-refractivity contribution in [2.24, 2.45) is 7.05 Å². The number of aryl methyl sites for hydroxylation is 2. The molecule has 1 aromatic rings. The molecule has 7 heteroatoms. The smallest absolute Gasteiger partial charge is 0.320 e. The lowest BCUT2D eigenvalue weighted by Gasteiger charge is -2.15. The molecule has 0 unspecified atom stereocenters. The van der Waals surface area contributed by atoms with Crippen molar-refractivity contribution in [2.45, 2.75) is 26.2 Å². The van der Waals surface area contributed by atoms with Crippen LogP contribution in [0.5, 0.6) is 0 Å². The number of anilines is 1. The van der Waals surface area contributed by atoms with Gasteiger partial charge in [0.15, 0.2) is 5.82 Å². The third kappa shape index (κ3) is 3.72. The van der Waals surface area contributed by atoms with Gasteiger partial charge in [-0.05, 0) is 19.8 Å². The fraction of sp³-hybridized carbons (Fsp3) is 0.615. The quantitative estimate of drug-likeness (QED) is 0.785. The van der Waals surface area contributed by atoms with Crippen LogP contribution in [0.3, 0.4) is 0 Å². The lowest BCUT2D eigenvalue weighted by atomic mass is 10.4. The van der Waals surface area contributed by atoms with Gasteiger partial charge in [-0.2, -0.15) is 5.10 Å². The van der Waals surface area contributed by atoms with Gasteiger partial charge in [0.05, 0.1) is 0 Å². The fourth-order valence-electron chi connectivity index (χ4n) is 2.19. The van der Waals surface area contributed by atoms with Crippen molar-refractivity contribution in [1.29, 1.82) is 0 Å². The molecule has 1 aromatic heterocycles. The predicted molar refractivity (Wildman–Crippen MR) is 75.4 cm³/mol. The number of hydrogen-bond acceptors (Lipinski definition) is 3. The van der Waals surface area contributed by atoms with Crippen molar-refractivity contribution in [3.8, 4) is 0 Å². The molecule has 0 aromatic carbocycles. The SMILES string of the molecule is Cc1cc(NC(=O)NCCCN2CCCC2=O)nn1C. The number of amides is 3. The third-order valence-corrected chi connectivity index (χ3v) is 3.42. The summed E-state index contributed by atoms with van der Waals surface area (Å²) in [7, 11) is 1.82. The monoisotopic (exact) mass is 279 g/mol. The first-order valence-electron chi connectivity index (χ1n) is 6.89. The van der Waals surface area contributed by atoms with Crippen LogP contribution in [0.15, 0.2) is 6.07 Å². The Bertz CT molecular complexity index is 477. The number of urea groups is 1. The summed E-state index contributed by atoms with van der Waals surface area (Å²) in [5.74, 6) is 0.760. The van der Waals surface area contributed by atoms with Gasteiger partial charge >= 0.3 is 6.03 Å². The van der Waals surface area contributed by atoms with Crippen molar-refractivity contribution < 1.29 is 9.59 Å². The summed E-state index contributed by atoms with van der Waals surface area (Å²) >= 11 is 0. The Morgan fingerprint density at radius 1 is 1.50 bits per heavy atom. The molecule has 20 heavy (non-hydrogen) atoms. The highest BCUT2D eigenvalue weighted by atomic mass is 16.2. The number of nitrogens with one attached hydrogen (secondary N) is 2. The van der Waals surface area contributed by atoms with Crippen molar-refractivity contribution >= 4 is 17.8 Å². The van der Waals surface area contributed by atoms with Crippen LogP contribution >= 0.6 is 0 Å². The molecule has 3 amide bonds. The predicted octanol–water partition coefficient (Wildman–Crippen LogP) is 0.863. The summed E-state index contributed by atoms with van der Waals surface area (Å²) < 4.78 is 1.70. The van der Waals surface area contributed by atoms with Crippen LogP contribution in [-0.2, 0) is 11.8 Å². The number of aromatic nitrogens is 2. The molecule has 0 atom stereocenters. The molecule has 0 saturated carbocycles. The maximum Gasteiger partial charge on any atom is 0.320 e. The van der Waals surface area contributed by atoms with Gasteiger partial charge in [-0.15, -0.1) is 0 Å². The van der Waals surface area contributed by atoms with Gasteiger partial charge in [-0.3, -0.25) is 14.8 Å². The van der Waals surface area contributed by atoms with E-state index in [-0.39, 0.29) is 11.9 Å². The lowest BCUT2D eigenvalue weighted by molar-refractivity contribution is -0.127. The number of nitrogens with zero attached hydrogens (tertiary/aromatic N) is 3. The van der Waals surface area contributed by atoms with E-state index in [9.17, 15) is 9.59 Å². The molecule has 0 spiro atoms. The van der Waals surface area contributed by atoms with Crippen molar-refractivity contribution in [1.82, 2.24) is 20.0 Å². The Balaban J connectivity index is 1.64. The highest BCUT2D eigenvalue weighted by molar-refractivity contribution is 5.88. The van der Waals surface area contributed by atoms with Crippen LogP contribution in [0.2, 0.25) is 0 Å². The van der Waals surface area contributed by atoms with E-state index >= 15 is 0 Å². The second kappa shape index (κ2) is 6.40. The molecule has 2 rings (SSSR count). The van der Waals surface area contributed by atoms with Crippen LogP contribution in [0.25, 0.3) is 0 Å². The molecule has 1 aliphatic rings. The minimum atomic E-state index is -0.268. The van der Waals surface area contributed by atoms with Crippen LogP contribution in [0.1, 0.15) is 25.0 Å². The van der Waals surface area contributed by atoms with Gasteiger partial charge in [0.2, 0.25) is 5.91 Å². The van der Waals surface area contributed by atoms with Gasteiger partial charge in [-0.25, -0.2) is 4.79 Å². The van der Waals surface area contributed by atoms with Gasteiger partial charge in [0.1, 0.15) is 0 Å². The summed E-state index contributed by atoms with van der Waals surface area (Å²) in [5, 5.41) is 9.58. The van der Waals surface area contributed by atoms with Crippen LogP contribution in [0, 0.1) is 6.92 Å². The van der Waals surface area contributed by atoms with Crippen LogP contribution in [0.4, 0.5) is 10.6 Å². The number of rotatable bonds is 5. The molecule has 110 valence electrons. The molecule has 0 radical (unpaired) electrons. The third-order valence-electron chi connectivity index (χ3n) is 3.42. The van der Waals surface area contributed by atoms with E-state index in [2.05, 4.69) is 15.7 Å². The van der Waals surface area contributed by atoms with Gasteiger partial charge in [0, 0.05) is 44.9 Å². The zero-order chi connectivity index (χ0) is 14.5. The lowest BCUT2D eigenvalue weighted by Crippen LogP contribution is -2.33. The standard InChI is InChI=1S/C13H21N5O2/c1-10-9-11(16-17(10)2)15-13(20)14-6-4-8-18-7-3-5-12(18)19/h9H,3-8H2,1-2H3,(H2,14,15,16,20). The molecule has 0 aliphatic carbocycles. The highest BCUT2D eigenvalue weighted by Gasteiger charge is 2.19. The Hall–Kier alpha value is -2.05. The first-order valence-corrected chi connectivity index (χ1v) is 6.89. The van der Waals surface area contributed by atoms with E-state index in [1.54, 1.807) is 4.68 Å². The summed E-state index contributed by atoms with van der Waals surface area (Å²) in [6, 6.07) is 1.54. The van der Waals surface area contributed by atoms with Crippen molar-refractivity contribution in [3.63, 3.8) is 0 Å². The van der Waals surface area contributed by atoms with E-state index in [1.807, 2.05) is 24.9 Å². The van der Waals surface area contributed by atoms with E-state index < -0.39 is 0 Å². The molecule has 1 fully saturated rings. The van der Waals surface area contributed by atoms with E-state index in [4.69, 9.17) is 0 Å². The number of hydrogen-bond donors (Lipinski definition) is 2. The minimum absolute atomic E-state index is 0.221. The summed E-state index contributed by atoms with van der Waals surface area (Å²) in [4.78, 5) is 24.9. The zero-order valence-electron chi connectivity index (χ0n) is 12.0. The summed E-state index contributed by atoms with van der Waals surface area (Å²) in [6.45, 7) is 4.02. The van der Waals surface area contributed by atoms with Crippen molar-refractivity contribution in [3.05, 3.63) is 11.8 Å². The Morgan fingerprint density at radius 3 is 2.90 bits per heavy atom. The first-order chi connectivity index (χ1) is 9.56. The minimum Gasteiger partial charge on any atom is -0.343 e. The molecule has 2 heterocycles. The molecule has 1 aliphatic heterocycles. The molecule has 1 saturated heterocycles. The van der Waals surface area contributed by atoms with Crippen molar-refractivity contribution in [2.75, 3.05) is 25.0 Å². The second-order valence-corrected chi connectivity index (χ2v) is 5.01. The molecule has 0 bridgehead atoms. The van der Waals surface area contributed by atoms with Gasteiger partial charge < -0.3 is 10.2 Å². The largest absolute Gasteiger partial charge is 0.343 e. The maximum atomic E-state index is 11.6. The average Bonchev–Trinajstić information content (AvgIpc) is 2.92. The normalized spacial score (nSPS) is 14.7. The number of carbonyl (C=O) groups is 2. The van der Waals surface area contributed by atoms with Gasteiger partial charge in [0.25, 0.3) is 0 Å². The average molecular weight is 279 g/mol. The van der Waals surface area contributed by atoms with Crippen LogP contribution < -0.4 is 10.6 Å². The first kappa shape index (κ1) is 14.4. The Labute approximate surface area is 118 Å². The topological polar surface area (TPSA) is 79.3 Å². The zero-order valence-corrected chi connectivity index (χ0v) is 12.0. The maximum absolute atomic E-state index is 11.6. The molecule has 7 nitrogen and oxygen atoms in total. The summed E-state index contributed by atoms with van der Waals surface area (Å²) in [5.41, 5.74) is 0.979. The fourth-order valence-corrected chi connectivity index (χ4v) is 2.19. The van der Waals surface area contributed by atoms with E-state index in [0.29, 0.717) is 25.3 Å². The number of carbonyl (C=O) groups excluding carboxylic acids is 2. The summed E-state index contributed by atoms with van der Waals surface area (Å²) in [6.07, 6.45) is 2.37. The number of likely N-dealkylation sites (tertiary alicyclic amines) is 1. The Morgan fingerprint density at radius 2 is 2.30 bits per heavy atom. The van der Waals surface area contributed by atoms with Crippen LogP contribution in [-0.4, -0.2) is 46.3 Å².